The number of sulfonamides is 1. The summed E-state index contributed by atoms with van der Waals surface area (Å²) in [6.07, 6.45) is 2.98. The van der Waals surface area contributed by atoms with Crippen LogP contribution in [-0.4, -0.2) is 43.5 Å². The Labute approximate surface area is 172 Å². The van der Waals surface area contributed by atoms with Crippen molar-refractivity contribution in [2.75, 3.05) is 6.54 Å². The van der Waals surface area contributed by atoms with Gasteiger partial charge in [-0.15, -0.1) is 0 Å². The molecular weight excluding hydrogens is 388 g/mol. The summed E-state index contributed by atoms with van der Waals surface area (Å²) in [5.74, 6) is -0.423. The normalized spacial score (nSPS) is 18.7. The lowest BCUT2D eigenvalue weighted by Gasteiger charge is -2.34. The van der Waals surface area contributed by atoms with Crippen LogP contribution >= 0.6 is 0 Å². The highest BCUT2D eigenvalue weighted by Gasteiger charge is 2.38. The van der Waals surface area contributed by atoms with Gasteiger partial charge in [-0.25, -0.2) is 8.42 Å². The maximum atomic E-state index is 13.1. The molecule has 0 saturated carbocycles. The molecular formula is C22H26N2O4S. The van der Waals surface area contributed by atoms with Gasteiger partial charge in [0, 0.05) is 6.54 Å². The van der Waals surface area contributed by atoms with Crippen molar-refractivity contribution in [2.24, 2.45) is 0 Å². The lowest BCUT2D eigenvalue weighted by atomic mass is 10.0. The summed E-state index contributed by atoms with van der Waals surface area (Å²) >= 11 is 0. The summed E-state index contributed by atoms with van der Waals surface area (Å²) in [4.78, 5) is 24.6. The molecule has 0 bridgehead atoms. The Hall–Kier alpha value is -2.51. The molecule has 2 unspecified atom stereocenters. The van der Waals surface area contributed by atoms with E-state index in [0.717, 1.165) is 17.5 Å². The van der Waals surface area contributed by atoms with E-state index in [1.54, 1.807) is 24.3 Å². The Morgan fingerprint density at radius 3 is 2.48 bits per heavy atom. The molecule has 1 fully saturated rings. The van der Waals surface area contributed by atoms with Crippen LogP contribution in [0.25, 0.3) is 0 Å². The zero-order valence-corrected chi connectivity index (χ0v) is 17.3. The number of amides is 1. The van der Waals surface area contributed by atoms with Crippen LogP contribution in [0.2, 0.25) is 0 Å². The lowest BCUT2D eigenvalue weighted by Crippen LogP contribution is -2.54. The Morgan fingerprint density at radius 1 is 1.14 bits per heavy atom. The summed E-state index contributed by atoms with van der Waals surface area (Å²) < 4.78 is 27.6. The van der Waals surface area contributed by atoms with Crippen LogP contribution in [0.5, 0.6) is 0 Å². The molecule has 2 atom stereocenters. The summed E-state index contributed by atoms with van der Waals surface area (Å²) in [7, 11) is -3.79. The molecule has 3 rings (SSSR count). The number of nitrogens with zero attached hydrogens (tertiary/aromatic N) is 1. The van der Waals surface area contributed by atoms with E-state index in [2.05, 4.69) is 5.32 Å². The first-order chi connectivity index (χ1) is 13.9. The third-order valence-corrected chi connectivity index (χ3v) is 7.10. The van der Waals surface area contributed by atoms with Crippen LogP contribution in [0.15, 0.2) is 59.5 Å². The van der Waals surface area contributed by atoms with Gasteiger partial charge in [-0.1, -0.05) is 54.4 Å². The van der Waals surface area contributed by atoms with E-state index < -0.39 is 28.0 Å². The quantitative estimate of drug-likeness (QED) is 0.706. The van der Waals surface area contributed by atoms with E-state index in [1.807, 2.05) is 37.3 Å². The van der Waals surface area contributed by atoms with Crippen molar-refractivity contribution in [2.45, 2.75) is 49.6 Å². The minimum Gasteiger partial charge on any atom is -0.345 e. The highest BCUT2D eigenvalue weighted by molar-refractivity contribution is 7.89. The number of benzene rings is 2. The van der Waals surface area contributed by atoms with Crippen molar-refractivity contribution in [3.8, 4) is 0 Å². The number of hydrogen-bond acceptors (Lipinski definition) is 4. The summed E-state index contributed by atoms with van der Waals surface area (Å²) in [6.45, 7) is 2.18. The monoisotopic (exact) mass is 414 g/mol. The molecule has 29 heavy (non-hydrogen) atoms. The SMILES string of the molecule is Cc1ccc(S(=O)(=O)N2CCCCC2C(=O)NC(C=O)Cc2ccccc2)cc1. The van der Waals surface area contributed by atoms with Crippen LogP contribution < -0.4 is 5.32 Å². The first kappa shape index (κ1) is 21.2. The van der Waals surface area contributed by atoms with Gasteiger partial charge < -0.3 is 10.1 Å². The number of carbonyl (C=O) groups excluding carboxylic acids is 2. The van der Waals surface area contributed by atoms with Gasteiger partial charge in [0.1, 0.15) is 12.3 Å². The van der Waals surface area contributed by atoms with E-state index >= 15 is 0 Å². The van der Waals surface area contributed by atoms with Gasteiger partial charge in [-0.3, -0.25) is 4.79 Å². The summed E-state index contributed by atoms with van der Waals surface area (Å²) in [6, 6.07) is 14.5. The molecule has 1 aliphatic rings. The smallest absolute Gasteiger partial charge is 0.243 e. The van der Waals surface area contributed by atoms with Crippen molar-refractivity contribution in [3.05, 3.63) is 65.7 Å². The van der Waals surface area contributed by atoms with Crippen LogP contribution in [-0.2, 0) is 26.0 Å². The molecule has 1 heterocycles. The largest absolute Gasteiger partial charge is 0.345 e. The van der Waals surface area contributed by atoms with Crippen LogP contribution in [0.1, 0.15) is 30.4 Å². The van der Waals surface area contributed by atoms with E-state index in [0.29, 0.717) is 32.1 Å². The average molecular weight is 415 g/mol. The fourth-order valence-electron chi connectivity index (χ4n) is 3.58. The minimum atomic E-state index is -3.79. The maximum absolute atomic E-state index is 13.1. The number of aldehydes is 1. The molecule has 1 N–H and O–H groups in total. The first-order valence-electron chi connectivity index (χ1n) is 9.80. The predicted molar refractivity (Wildman–Crippen MR) is 111 cm³/mol. The fourth-order valence-corrected chi connectivity index (χ4v) is 5.24. The summed E-state index contributed by atoms with van der Waals surface area (Å²) in [5.41, 5.74) is 1.89. The van der Waals surface area contributed by atoms with Crippen LogP contribution in [0.3, 0.4) is 0 Å². The van der Waals surface area contributed by atoms with Crippen molar-refractivity contribution in [1.29, 1.82) is 0 Å². The molecule has 0 radical (unpaired) electrons. The molecule has 1 amide bonds. The second-order valence-electron chi connectivity index (χ2n) is 7.38. The van der Waals surface area contributed by atoms with E-state index in [4.69, 9.17) is 0 Å². The Morgan fingerprint density at radius 2 is 1.83 bits per heavy atom. The number of hydrogen-bond donors (Lipinski definition) is 1. The molecule has 0 spiro atoms. The maximum Gasteiger partial charge on any atom is 0.243 e. The van der Waals surface area contributed by atoms with Crippen LogP contribution in [0.4, 0.5) is 0 Å². The highest BCUT2D eigenvalue weighted by Crippen LogP contribution is 2.26. The number of carbonyl (C=O) groups is 2. The van der Waals surface area contributed by atoms with Crippen molar-refractivity contribution in [1.82, 2.24) is 9.62 Å². The summed E-state index contributed by atoms with van der Waals surface area (Å²) in [5, 5.41) is 2.73. The zero-order valence-electron chi connectivity index (χ0n) is 16.5. The van der Waals surface area contributed by atoms with Gasteiger partial charge in [-0.05, 0) is 43.9 Å². The Balaban J connectivity index is 1.76. The van der Waals surface area contributed by atoms with E-state index in [1.165, 1.54) is 4.31 Å². The third kappa shape index (κ3) is 5.10. The topological polar surface area (TPSA) is 83.6 Å². The van der Waals surface area contributed by atoms with Gasteiger partial charge in [0.15, 0.2) is 0 Å². The molecule has 1 saturated heterocycles. The molecule has 6 nitrogen and oxygen atoms in total. The average Bonchev–Trinajstić information content (AvgIpc) is 2.74. The van der Waals surface area contributed by atoms with E-state index in [-0.39, 0.29) is 4.90 Å². The molecule has 2 aromatic rings. The number of rotatable bonds is 7. The Kier molecular flexibility index (Phi) is 6.82. The van der Waals surface area contributed by atoms with Crippen molar-refractivity contribution in [3.63, 3.8) is 0 Å². The number of piperidine rings is 1. The second kappa shape index (κ2) is 9.33. The van der Waals surface area contributed by atoms with Crippen LogP contribution in [0, 0.1) is 6.92 Å². The zero-order chi connectivity index (χ0) is 20.9. The fraction of sp³-hybridized carbons (Fsp3) is 0.364. The van der Waals surface area contributed by atoms with Crippen molar-refractivity contribution < 1.29 is 18.0 Å². The molecule has 0 aromatic heterocycles. The van der Waals surface area contributed by atoms with Gasteiger partial charge in [-0.2, -0.15) is 4.31 Å². The standard InChI is InChI=1S/C22H26N2O4S/c1-17-10-12-20(13-11-17)29(27,28)24-14-6-5-9-21(24)22(26)23-19(16-25)15-18-7-3-2-4-8-18/h2-4,7-8,10-13,16,19,21H,5-6,9,14-15H2,1H3,(H,23,26). The third-order valence-electron chi connectivity index (χ3n) is 5.17. The van der Waals surface area contributed by atoms with Gasteiger partial charge in [0.2, 0.25) is 15.9 Å². The number of aryl methyl sites for hydroxylation is 1. The second-order valence-corrected chi connectivity index (χ2v) is 9.27. The highest BCUT2D eigenvalue weighted by atomic mass is 32.2. The van der Waals surface area contributed by atoms with Gasteiger partial charge in [0.05, 0.1) is 10.9 Å². The first-order valence-corrected chi connectivity index (χ1v) is 11.2. The molecule has 1 aliphatic heterocycles. The molecule has 7 heteroatoms. The predicted octanol–water partition coefficient (Wildman–Crippen LogP) is 2.46. The van der Waals surface area contributed by atoms with Gasteiger partial charge in [0.25, 0.3) is 0 Å². The van der Waals surface area contributed by atoms with E-state index in [9.17, 15) is 18.0 Å². The van der Waals surface area contributed by atoms with Crippen molar-refractivity contribution >= 4 is 22.2 Å². The Bertz CT molecular complexity index is 943. The lowest BCUT2D eigenvalue weighted by molar-refractivity contribution is -0.128. The molecule has 2 aromatic carbocycles. The molecule has 154 valence electrons. The number of nitrogens with one attached hydrogen (secondary N) is 1. The minimum absolute atomic E-state index is 0.180. The molecule has 0 aliphatic carbocycles. The van der Waals surface area contributed by atoms with Gasteiger partial charge >= 0.3 is 0 Å².